The fraction of sp³-hybridized carbons (Fsp3) is 0.250. The van der Waals surface area contributed by atoms with E-state index in [4.69, 9.17) is 0 Å². The maximum absolute atomic E-state index is 12.3. The van der Waals surface area contributed by atoms with Gasteiger partial charge < -0.3 is 9.47 Å². The van der Waals surface area contributed by atoms with Crippen molar-refractivity contribution in [2.75, 3.05) is 26.0 Å². The van der Waals surface area contributed by atoms with Crippen molar-refractivity contribution in [1.82, 2.24) is 24.6 Å². The van der Waals surface area contributed by atoms with Gasteiger partial charge in [0.05, 0.1) is 6.33 Å². The van der Waals surface area contributed by atoms with E-state index < -0.39 is 0 Å². The van der Waals surface area contributed by atoms with Gasteiger partial charge in [-0.25, -0.2) is 4.98 Å². The van der Waals surface area contributed by atoms with Crippen LogP contribution in [0.3, 0.4) is 0 Å². The summed E-state index contributed by atoms with van der Waals surface area (Å²) >= 11 is 1.41. The van der Waals surface area contributed by atoms with Gasteiger partial charge in [-0.05, 0) is 38.4 Å². The molecule has 1 amide bonds. The molecule has 0 spiro atoms. The van der Waals surface area contributed by atoms with Crippen LogP contribution in [-0.4, -0.2) is 51.2 Å². The van der Waals surface area contributed by atoms with E-state index >= 15 is 0 Å². The van der Waals surface area contributed by atoms with E-state index in [1.165, 1.54) is 11.3 Å². The first kappa shape index (κ1) is 16.3. The van der Waals surface area contributed by atoms with Crippen molar-refractivity contribution in [3.05, 3.63) is 53.6 Å². The maximum Gasteiger partial charge on any atom is 0.257 e. The largest absolute Gasteiger partial charge is 0.309 e. The Morgan fingerprint density at radius 1 is 1.25 bits per heavy atom. The molecule has 3 rings (SSSR count). The number of hydrogen-bond donors (Lipinski definition) is 1. The second-order valence-corrected chi connectivity index (χ2v) is 6.59. The van der Waals surface area contributed by atoms with E-state index in [0.29, 0.717) is 10.7 Å². The summed E-state index contributed by atoms with van der Waals surface area (Å²) in [4.78, 5) is 18.4. The monoisotopic (exact) mass is 342 g/mol. The quantitative estimate of drug-likeness (QED) is 0.742. The third-order valence-corrected chi connectivity index (χ3v) is 4.29. The standard InChI is InChI=1S/C16H18N6OS/c1-21(2)9-7-14-19-20-16(24-14)18-15(23)12-3-5-13(6-4-12)22-10-8-17-11-22/h3-6,8,10-11H,7,9H2,1-2H3,(H,18,20,23). The molecule has 7 nitrogen and oxygen atoms in total. The molecule has 0 saturated carbocycles. The van der Waals surface area contributed by atoms with Crippen molar-refractivity contribution in [3.8, 4) is 5.69 Å². The summed E-state index contributed by atoms with van der Waals surface area (Å²) in [6.45, 7) is 0.901. The molecule has 0 unspecified atom stereocenters. The Balaban J connectivity index is 1.62. The van der Waals surface area contributed by atoms with Gasteiger partial charge in [0.2, 0.25) is 5.13 Å². The van der Waals surface area contributed by atoms with Gasteiger partial charge in [-0.2, -0.15) is 0 Å². The summed E-state index contributed by atoms with van der Waals surface area (Å²) in [5.74, 6) is -0.192. The Morgan fingerprint density at radius 2 is 2.04 bits per heavy atom. The molecule has 0 fully saturated rings. The van der Waals surface area contributed by atoms with Crippen molar-refractivity contribution >= 4 is 22.4 Å². The number of nitrogens with one attached hydrogen (secondary N) is 1. The zero-order valence-corrected chi connectivity index (χ0v) is 14.3. The Kier molecular flexibility index (Phi) is 4.97. The number of imidazole rings is 1. The summed E-state index contributed by atoms with van der Waals surface area (Å²) < 4.78 is 1.88. The number of hydrogen-bond acceptors (Lipinski definition) is 6. The van der Waals surface area contributed by atoms with E-state index in [2.05, 4.69) is 25.4 Å². The molecule has 0 saturated heterocycles. The van der Waals surface area contributed by atoms with Gasteiger partial charge in [-0.1, -0.05) is 11.3 Å². The van der Waals surface area contributed by atoms with Crippen LogP contribution in [0, 0.1) is 0 Å². The Labute approximate surface area is 144 Å². The van der Waals surface area contributed by atoms with Crippen LogP contribution < -0.4 is 5.32 Å². The second-order valence-electron chi connectivity index (χ2n) is 5.53. The first-order valence-electron chi connectivity index (χ1n) is 7.48. The third kappa shape index (κ3) is 4.03. The number of carbonyl (C=O) groups excluding carboxylic acids is 1. The third-order valence-electron chi connectivity index (χ3n) is 3.39. The minimum absolute atomic E-state index is 0.192. The van der Waals surface area contributed by atoms with E-state index in [1.54, 1.807) is 24.7 Å². The topological polar surface area (TPSA) is 75.9 Å². The predicted molar refractivity (Wildman–Crippen MR) is 93.7 cm³/mol. The molecule has 2 heterocycles. The fourth-order valence-corrected chi connectivity index (χ4v) is 2.81. The first-order chi connectivity index (χ1) is 11.6. The highest BCUT2D eigenvalue weighted by atomic mass is 32.1. The molecule has 8 heteroatoms. The lowest BCUT2D eigenvalue weighted by Gasteiger charge is -2.06. The van der Waals surface area contributed by atoms with Crippen molar-refractivity contribution in [2.24, 2.45) is 0 Å². The predicted octanol–water partition coefficient (Wildman–Crippen LogP) is 2.08. The van der Waals surface area contributed by atoms with E-state index in [1.807, 2.05) is 37.0 Å². The highest BCUT2D eigenvalue weighted by Crippen LogP contribution is 2.17. The SMILES string of the molecule is CN(C)CCc1nnc(NC(=O)c2ccc(-n3ccnc3)cc2)s1. The number of amides is 1. The van der Waals surface area contributed by atoms with Gasteiger partial charge in [-0.15, -0.1) is 10.2 Å². The molecule has 0 aliphatic carbocycles. The number of nitrogens with zero attached hydrogens (tertiary/aromatic N) is 5. The van der Waals surface area contributed by atoms with Crippen molar-refractivity contribution in [1.29, 1.82) is 0 Å². The lowest BCUT2D eigenvalue weighted by atomic mass is 10.2. The number of rotatable bonds is 6. The molecule has 0 bridgehead atoms. The zero-order valence-electron chi connectivity index (χ0n) is 13.5. The molecule has 124 valence electrons. The van der Waals surface area contributed by atoms with E-state index in [9.17, 15) is 4.79 Å². The van der Waals surface area contributed by atoms with Crippen LogP contribution in [-0.2, 0) is 6.42 Å². The van der Waals surface area contributed by atoms with Crippen LogP contribution in [0.2, 0.25) is 0 Å². The normalized spacial score (nSPS) is 11.0. The molecule has 0 aliphatic rings. The van der Waals surface area contributed by atoms with Crippen molar-refractivity contribution in [2.45, 2.75) is 6.42 Å². The van der Waals surface area contributed by atoms with Gasteiger partial charge in [0.1, 0.15) is 5.01 Å². The average Bonchev–Trinajstić information content (AvgIpc) is 3.25. The molecular formula is C16H18N6OS. The molecule has 0 aliphatic heterocycles. The molecule has 0 radical (unpaired) electrons. The summed E-state index contributed by atoms with van der Waals surface area (Å²) in [6.07, 6.45) is 6.10. The lowest BCUT2D eigenvalue weighted by Crippen LogP contribution is -2.14. The van der Waals surface area contributed by atoms with Gasteiger partial charge >= 0.3 is 0 Å². The van der Waals surface area contributed by atoms with Crippen LogP contribution in [0.5, 0.6) is 0 Å². The fourth-order valence-electron chi connectivity index (χ4n) is 2.09. The second kappa shape index (κ2) is 7.33. The number of benzene rings is 1. The number of carbonyl (C=O) groups is 1. The molecule has 1 aromatic carbocycles. The van der Waals surface area contributed by atoms with Gasteiger partial charge in [0.25, 0.3) is 5.91 Å². The molecular weight excluding hydrogens is 324 g/mol. The molecule has 24 heavy (non-hydrogen) atoms. The van der Waals surface area contributed by atoms with Crippen LogP contribution in [0.4, 0.5) is 5.13 Å². The summed E-state index contributed by atoms with van der Waals surface area (Å²) in [5.41, 5.74) is 1.52. The van der Waals surface area contributed by atoms with Crippen molar-refractivity contribution in [3.63, 3.8) is 0 Å². The first-order valence-corrected chi connectivity index (χ1v) is 8.30. The number of likely N-dealkylation sites (N-methyl/N-ethyl adjacent to an activating group) is 1. The molecule has 1 N–H and O–H groups in total. The minimum Gasteiger partial charge on any atom is -0.309 e. The van der Waals surface area contributed by atoms with E-state index in [0.717, 1.165) is 23.7 Å². The Morgan fingerprint density at radius 3 is 2.71 bits per heavy atom. The number of anilines is 1. The highest BCUT2D eigenvalue weighted by Gasteiger charge is 2.10. The smallest absolute Gasteiger partial charge is 0.257 e. The van der Waals surface area contributed by atoms with Crippen molar-refractivity contribution < 1.29 is 4.79 Å². The molecule has 3 aromatic rings. The molecule has 0 atom stereocenters. The highest BCUT2D eigenvalue weighted by molar-refractivity contribution is 7.15. The summed E-state index contributed by atoms with van der Waals surface area (Å²) in [6, 6.07) is 7.30. The van der Waals surface area contributed by atoms with Gasteiger partial charge in [-0.3, -0.25) is 10.1 Å². The average molecular weight is 342 g/mol. The van der Waals surface area contributed by atoms with Crippen LogP contribution in [0.25, 0.3) is 5.69 Å². The Hall–Kier alpha value is -2.58. The minimum atomic E-state index is -0.192. The maximum atomic E-state index is 12.3. The van der Waals surface area contributed by atoms with Crippen LogP contribution >= 0.6 is 11.3 Å². The molecule has 2 aromatic heterocycles. The lowest BCUT2D eigenvalue weighted by molar-refractivity contribution is 0.102. The Bertz CT molecular complexity index is 794. The van der Waals surface area contributed by atoms with Crippen LogP contribution in [0.1, 0.15) is 15.4 Å². The van der Waals surface area contributed by atoms with Crippen LogP contribution in [0.15, 0.2) is 43.0 Å². The summed E-state index contributed by atoms with van der Waals surface area (Å²) in [5, 5.41) is 12.3. The van der Waals surface area contributed by atoms with Gasteiger partial charge in [0, 0.05) is 36.6 Å². The zero-order chi connectivity index (χ0) is 16.9. The number of aromatic nitrogens is 4. The van der Waals surface area contributed by atoms with E-state index in [-0.39, 0.29) is 5.91 Å². The summed E-state index contributed by atoms with van der Waals surface area (Å²) in [7, 11) is 4.02. The van der Waals surface area contributed by atoms with Gasteiger partial charge in [0.15, 0.2) is 0 Å².